The van der Waals surface area contributed by atoms with Crippen molar-refractivity contribution in [2.75, 3.05) is 7.11 Å². The lowest BCUT2D eigenvalue weighted by atomic mass is 9.97. The predicted molar refractivity (Wildman–Crippen MR) is 148 cm³/mol. The number of hydrogen-bond acceptors (Lipinski definition) is 10. The Hall–Kier alpha value is -2.60. The molecule has 0 amide bonds. The molecular formula is C29H44O10Si. The van der Waals surface area contributed by atoms with Gasteiger partial charge in [0.15, 0.2) is 32.9 Å². The van der Waals surface area contributed by atoms with Crippen molar-refractivity contribution in [1.82, 2.24) is 0 Å². The fourth-order valence-corrected chi connectivity index (χ4v) is 6.70. The third-order valence-electron chi connectivity index (χ3n) is 7.87. The second kappa shape index (κ2) is 14.3. The van der Waals surface area contributed by atoms with Gasteiger partial charge in [-0.05, 0) is 36.5 Å². The largest absolute Gasteiger partial charge is 0.467 e. The van der Waals surface area contributed by atoms with E-state index in [-0.39, 0.29) is 36.2 Å². The standard InChI is InChI=1S/C29H44O10Si/c1-18(2)29(5,6)40(8,9)39-28-26(36-20(4)31)23(35-17-21-13-11-10-12-14-21)24(25(38-28)27(33)34-7)37-22(32)16-15-19(3)30/h10-14,18,23-26,28H,15-17H2,1-9H3/t23-,24-,25+,26+,28?/m0/s1. The molecule has 1 aromatic carbocycles. The molecule has 10 nitrogen and oxygen atoms in total. The van der Waals surface area contributed by atoms with E-state index in [0.717, 1.165) is 5.56 Å². The molecule has 1 fully saturated rings. The molecular weight excluding hydrogens is 536 g/mol. The van der Waals surface area contributed by atoms with Gasteiger partial charge >= 0.3 is 17.9 Å². The summed E-state index contributed by atoms with van der Waals surface area (Å²) < 4.78 is 35.4. The van der Waals surface area contributed by atoms with Gasteiger partial charge < -0.3 is 32.9 Å². The fraction of sp³-hybridized carbons (Fsp3) is 0.655. The Morgan fingerprint density at radius 1 is 0.950 bits per heavy atom. The predicted octanol–water partition coefficient (Wildman–Crippen LogP) is 4.34. The van der Waals surface area contributed by atoms with Gasteiger partial charge in [0.2, 0.25) is 0 Å². The summed E-state index contributed by atoms with van der Waals surface area (Å²) in [6.07, 6.45) is -6.55. The number of ketones is 1. The number of ether oxygens (including phenoxy) is 5. The minimum atomic E-state index is -2.61. The monoisotopic (exact) mass is 580 g/mol. The number of rotatable bonds is 13. The maximum atomic E-state index is 13.0. The first-order valence-corrected chi connectivity index (χ1v) is 16.4. The fourth-order valence-electron chi connectivity index (χ4n) is 4.24. The number of benzene rings is 1. The average Bonchev–Trinajstić information content (AvgIpc) is 2.87. The lowest BCUT2D eigenvalue weighted by Crippen LogP contribution is -2.65. The van der Waals surface area contributed by atoms with Crippen molar-refractivity contribution in [3.63, 3.8) is 0 Å². The number of carbonyl (C=O) groups excluding carboxylic acids is 4. The molecule has 0 bridgehead atoms. The smallest absolute Gasteiger partial charge is 0.339 e. The van der Waals surface area contributed by atoms with Crippen LogP contribution in [0.5, 0.6) is 0 Å². The lowest BCUT2D eigenvalue weighted by molar-refractivity contribution is -0.291. The van der Waals surface area contributed by atoms with Crippen LogP contribution in [0.25, 0.3) is 0 Å². The van der Waals surface area contributed by atoms with Gasteiger partial charge in [-0.15, -0.1) is 0 Å². The maximum Gasteiger partial charge on any atom is 0.339 e. The first-order chi connectivity index (χ1) is 18.6. The van der Waals surface area contributed by atoms with Crippen molar-refractivity contribution < 1.29 is 47.3 Å². The van der Waals surface area contributed by atoms with Crippen molar-refractivity contribution >= 4 is 32.0 Å². The van der Waals surface area contributed by atoms with Gasteiger partial charge in [0.05, 0.1) is 20.1 Å². The van der Waals surface area contributed by atoms with Crippen molar-refractivity contribution in [2.24, 2.45) is 5.92 Å². The van der Waals surface area contributed by atoms with Crippen LogP contribution in [0.4, 0.5) is 0 Å². The van der Waals surface area contributed by atoms with Crippen LogP contribution in [0, 0.1) is 5.92 Å². The van der Waals surface area contributed by atoms with Crippen LogP contribution >= 0.6 is 0 Å². The van der Waals surface area contributed by atoms with Gasteiger partial charge in [0, 0.05) is 13.3 Å². The molecule has 2 rings (SSSR count). The number of methoxy groups -OCH3 is 1. The quantitative estimate of drug-likeness (QED) is 0.189. The van der Waals surface area contributed by atoms with Crippen molar-refractivity contribution in [2.45, 2.75) is 110 Å². The van der Waals surface area contributed by atoms with Crippen molar-refractivity contribution in [3.05, 3.63) is 35.9 Å². The maximum absolute atomic E-state index is 13.0. The minimum Gasteiger partial charge on any atom is -0.467 e. The SMILES string of the molecule is COC(=O)[C@@H]1OC(O[Si](C)(C)C(C)(C)C(C)C)[C@H](OC(C)=O)[C@@H](OCc2ccccc2)[C@@H]1OC(=O)CCC(C)=O. The summed E-state index contributed by atoms with van der Waals surface area (Å²) in [7, 11) is -1.42. The summed E-state index contributed by atoms with van der Waals surface area (Å²) in [5.74, 6) is -2.11. The molecule has 0 aliphatic carbocycles. The van der Waals surface area contributed by atoms with E-state index in [1.54, 1.807) is 0 Å². The Morgan fingerprint density at radius 2 is 1.57 bits per heavy atom. The van der Waals surface area contributed by atoms with E-state index in [1.807, 2.05) is 43.4 Å². The third-order valence-corrected chi connectivity index (χ3v) is 12.4. The van der Waals surface area contributed by atoms with Gasteiger partial charge in [-0.1, -0.05) is 58.0 Å². The second-order valence-electron chi connectivity index (χ2n) is 11.4. The van der Waals surface area contributed by atoms with E-state index < -0.39 is 56.9 Å². The molecule has 11 heteroatoms. The highest BCUT2D eigenvalue weighted by atomic mass is 28.4. The Kier molecular flexibility index (Phi) is 12.0. The van der Waals surface area contributed by atoms with Crippen LogP contribution in [0.3, 0.4) is 0 Å². The zero-order valence-electron chi connectivity index (χ0n) is 25.1. The van der Waals surface area contributed by atoms with Crippen molar-refractivity contribution in [3.8, 4) is 0 Å². The van der Waals surface area contributed by atoms with Gasteiger partial charge in [-0.3, -0.25) is 9.59 Å². The van der Waals surface area contributed by atoms with Crippen LogP contribution in [0.15, 0.2) is 30.3 Å². The molecule has 1 aromatic rings. The summed E-state index contributed by atoms with van der Waals surface area (Å²) >= 11 is 0. The van der Waals surface area contributed by atoms with Crippen LogP contribution in [-0.2, 0) is 53.9 Å². The molecule has 1 aliphatic rings. The van der Waals surface area contributed by atoms with Crippen LogP contribution in [0.2, 0.25) is 18.1 Å². The molecule has 0 N–H and O–H groups in total. The molecule has 40 heavy (non-hydrogen) atoms. The van der Waals surface area contributed by atoms with Gasteiger partial charge in [0.25, 0.3) is 0 Å². The average molecular weight is 581 g/mol. The molecule has 224 valence electrons. The first kappa shape index (κ1) is 33.6. The van der Waals surface area contributed by atoms with Crippen molar-refractivity contribution in [1.29, 1.82) is 0 Å². The Bertz CT molecular complexity index is 1020. The lowest BCUT2D eigenvalue weighted by Gasteiger charge is -2.49. The van der Waals surface area contributed by atoms with Crippen LogP contribution in [0.1, 0.15) is 59.9 Å². The highest BCUT2D eigenvalue weighted by molar-refractivity contribution is 6.74. The zero-order valence-corrected chi connectivity index (χ0v) is 26.1. The van der Waals surface area contributed by atoms with Gasteiger partial charge in [-0.25, -0.2) is 4.79 Å². The number of esters is 3. The molecule has 5 atom stereocenters. The highest BCUT2D eigenvalue weighted by Gasteiger charge is 2.57. The van der Waals surface area contributed by atoms with E-state index in [0.29, 0.717) is 0 Å². The molecule has 0 saturated carbocycles. The summed E-state index contributed by atoms with van der Waals surface area (Å²) in [5.41, 5.74) is 0.806. The Morgan fingerprint density at radius 3 is 2.10 bits per heavy atom. The molecule has 1 aliphatic heterocycles. The molecule has 1 unspecified atom stereocenters. The molecule has 0 radical (unpaired) electrons. The zero-order chi connectivity index (χ0) is 30.3. The van der Waals surface area contributed by atoms with Crippen LogP contribution in [-0.4, -0.2) is 69.8 Å². The number of carbonyl (C=O) groups is 4. The molecule has 0 spiro atoms. The topological polar surface area (TPSA) is 124 Å². The second-order valence-corrected chi connectivity index (χ2v) is 16.0. The van der Waals surface area contributed by atoms with Gasteiger partial charge in [-0.2, -0.15) is 0 Å². The van der Waals surface area contributed by atoms with Crippen LogP contribution < -0.4 is 0 Å². The summed E-state index contributed by atoms with van der Waals surface area (Å²) in [4.78, 5) is 49.5. The highest BCUT2D eigenvalue weighted by Crippen LogP contribution is 2.46. The Balaban J connectivity index is 2.56. The van der Waals surface area contributed by atoms with Gasteiger partial charge in [0.1, 0.15) is 11.9 Å². The summed E-state index contributed by atoms with van der Waals surface area (Å²) in [6, 6.07) is 9.25. The first-order valence-electron chi connectivity index (χ1n) is 13.5. The molecule has 0 aromatic heterocycles. The normalized spacial score (nSPS) is 23.4. The molecule has 1 saturated heterocycles. The van der Waals surface area contributed by atoms with E-state index in [2.05, 4.69) is 27.7 Å². The van der Waals surface area contributed by atoms with E-state index in [1.165, 1.54) is 21.0 Å². The molecule has 1 heterocycles. The number of Topliss-reactive ketones (excluding diaryl/α,β-unsaturated/α-hetero) is 1. The Labute approximate surface area is 238 Å². The van der Waals surface area contributed by atoms with E-state index >= 15 is 0 Å². The third kappa shape index (κ3) is 8.70. The van der Waals surface area contributed by atoms with E-state index in [9.17, 15) is 19.2 Å². The minimum absolute atomic E-state index is 0.0337. The summed E-state index contributed by atoms with van der Waals surface area (Å²) in [6.45, 7) is 15.1. The summed E-state index contributed by atoms with van der Waals surface area (Å²) in [5, 5.41) is -0.242. The van der Waals surface area contributed by atoms with E-state index in [4.69, 9.17) is 28.1 Å². The number of hydrogen-bond donors (Lipinski definition) is 0.